The first-order valence-corrected chi connectivity index (χ1v) is 8.09. The highest BCUT2D eigenvalue weighted by molar-refractivity contribution is 9.10. The van der Waals surface area contributed by atoms with Crippen LogP contribution in [0.4, 0.5) is 0 Å². The molecule has 6 heteroatoms. The number of nitriles is 1. The lowest BCUT2D eigenvalue weighted by atomic mass is 10.2. The van der Waals surface area contributed by atoms with Gasteiger partial charge in [0, 0.05) is 17.0 Å². The van der Waals surface area contributed by atoms with Gasteiger partial charge in [-0.1, -0.05) is 22.0 Å². The number of carbonyl (C=O) groups excluding carboxylic acids is 1. The molecule has 0 aromatic heterocycles. The van der Waals surface area contributed by atoms with Crippen molar-refractivity contribution in [3.63, 3.8) is 0 Å². The van der Waals surface area contributed by atoms with E-state index in [-0.39, 0.29) is 12.4 Å². The van der Waals surface area contributed by atoms with Gasteiger partial charge in [-0.25, -0.2) is 0 Å². The number of halogens is 1. The van der Waals surface area contributed by atoms with Crippen LogP contribution in [0.15, 0.2) is 46.9 Å². The van der Waals surface area contributed by atoms with Crippen molar-refractivity contribution in [1.29, 1.82) is 5.26 Å². The minimum atomic E-state index is -0.379. The zero-order valence-electron chi connectivity index (χ0n) is 13.1. The van der Waals surface area contributed by atoms with Crippen LogP contribution in [0.25, 0.3) is 0 Å². The molecule has 0 unspecified atom stereocenters. The molecule has 0 spiro atoms. The fraction of sp³-hybridized carbons (Fsp3) is 0.222. The van der Waals surface area contributed by atoms with Gasteiger partial charge in [-0.3, -0.25) is 4.79 Å². The SMILES string of the molecule is COc1cc(C#N)ccc1OC(=O)CCCOc1cccc(Br)c1. The van der Waals surface area contributed by atoms with Crippen LogP contribution in [-0.4, -0.2) is 19.7 Å². The van der Waals surface area contributed by atoms with E-state index in [1.807, 2.05) is 30.3 Å². The van der Waals surface area contributed by atoms with Gasteiger partial charge in [-0.2, -0.15) is 5.26 Å². The molecule has 0 saturated carbocycles. The van der Waals surface area contributed by atoms with Gasteiger partial charge in [-0.15, -0.1) is 0 Å². The van der Waals surface area contributed by atoms with E-state index in [0.29, 0.717) is 30.1 Å². The largest absolute Gasteiger partial charge is 0.494 e. The number of esters is 1. The Labute approximate surface area is 148 Å². The molecule has 5 nitrogen and oxygen atoms in total. The Hall–Kier alpha value is -2.52. The Kier molecular flexibility index (Phi) is 6.64. The predicted molar refractivity (Wildman–Crippen MR) is 92.2 cm³/mol. The fourth-order valence-corrected chi connectivity index (χ4v) is 2.34. The monoisotopic (exact) mass is 389 g/mol. The van der Waals surface area contributed by atoms with E-state index in [1.54, 1.807) is 12.1 Å². The van der Waals surface area contributed by atoms with Crippen molar-refractivity contribution in [2.75, 3.05) is 13.7 Å². The van der Waals surface area contributed by atoms with Crippen molar-refractivity contribution in [2.45, 2.75) is 12.8 Å². The summed E-state index contributed by atoms with van der Waals surface area (Å²) in [6.07, 6.45) is 0.751. The number of rotatable bonds is 7. The molecule has 0 heterocycles. The van der Waals surface area contributed by atoms with Crippen molar-refractivity contribution in [3.8, 4) is 23.3 Å². The highest BCUT2D eigenvalue weighted by Crippen LogP contribution is 2.28. The summed E-state index contributed by atoms with van der Waals surface area (Å²) in [6, 6.07) is 14.2. The van der Waals surface area contributed by atoms with E-state index >= 15 is 0 Å². The predicted octanol–water partition coefficient (Wildman–Crippen LogP) is 4.09. The maximum Gasteiger partial charge on any atom is 0.311 e. The molecule has 0 saturated heterocycles. The molecule has 0 amide bonds. The molecular weight excluding hydrogens is 374 g/mol. The number of hydrogen-bond donors (Lipinski definition) is 0. The van der Waals surface area contributed by atoms with Gasteiger partial charge in [0.05, 0.1) is 25.3 Å². The minimum absolute atomic E-state index is 0.219. The quantitative estimate of drug-likeness (QED) is 0.405. The third-order valence-corrected chi connectivity index (χ3v) is 3.60. The Morgan fingerprint density at radius 3 is 2.75 bits per heavy atom. The smallest absolute Gasteiger partial charge is 0.311 e. The van der Waals surface area contributed by atoms with Crippen LogP contribution in [0.3, 0.4) is 0 Å². The highest BCUT2D eigenvalue weighted by atomic mass is 79.9. The molecule has 24 heavy (non-hydrogen) atoms. The zero-order valence-corrected chi connectivity index (χ0v) is 14.7. The van der Waals surface area contributed by atoms with Gasteiger partial charge in [0.1, 0.15) is 5.75 Å². The van der Waals surface area contributed by atoms with Gasteiger partial charge in [-0.05, 0) is 36.8 Å². The fourth-order valence-electron chi connectivity index (χ4n) is 1.96. The third-order valence-electron chi connectivity index (χ3n) is 3.11. The van der Waals surface area contributed by atoms with Gasteiger partial charge in [0.15, 0.2) is 11.5 Å². The van der Waals surface area contributed by atoms with E-state index in [0.717, 1.165) is 10.2 Å². The molecule has 0 bridgehead atoms. The molecule has 0 N–H and O–H groups in total. The van der Waals surface area contributed by atoms with Crippen molar-refractivity contribution in [3.05, 3.63) is 52.5 Å². The van der Waals surface area contributed by atoms with Crippen LogP contribution in [-0.2, 0) is 4.79 Å². The number of methoxy groups -OCH3 is 1. The highest BCUT2D eigenvalue weighted by Gasteiger charge is 2.11. The number of nitrogens with zero attached hydrogens (tertiary/aromatic N) is 1. The second-order valence-corrected chi connectivity index (χ2v) is 5.78. The summed E-state index contributed by atoms with van der Waals surface area (Å²) in [6.45, 7) is 0.413. The van der Waals surface area contributed by atoms with Crippen LogP contribution in [0.2, 0.25) is 0 Å². The summed E-state index contributed by atoms with van der Waals surface area (Å²) in [5.41, 5.74) is 0.439. The molecule has 0 fully saturated rings. The van der Waals surface area contributed by atoms with E-state index in [9.17, 15) is 4.79 Å². The summed E-state index contributed by atoms with van der Waals surface area (Å²) >= 11 is 3.37. The molecule has 2 rings (SSSR count). The standard InChI is InChI=1S/C18H16BrNO4/c1-22-17-10-13(12-20)7-8-16(17)24-18(21)6-3-9-23-15-5-2-4-14(19)11-15/h2,4-5,7-8,10-11H,3,6,9H2,1H3. The van der Waals surface area contributed by atoms with E-state index < -0.39 is 0 Å². The molecule has 0 aliphatic heterocycles. The average molecular weight is 390 g/mol. The molecule has 0 aliphatic rings. The number of benzene rings is 2. The lowest BCUT2D eigenvalue weighted by Crippen LogP contribution is -2.10. The first kappa shape index (κ1) is 17.8. The molecule has 0 radical (unpaired) electrons. The second-order valence-electron chi connectivity index (χ2n) is 4.86. The van der Waals surface area contributed by atoms with Gasteiger partial charge < -0.3 is 14.2 Å². The summed E-state index contributed by atoms with van der Waals surface area (Å²) in [5, 5.41) is 8.85. The molecule has 0 atom stereocenters. The third kappa shape index (κ3) is 5.28. The Bertz CT molecular complexity index is 755. The molecular formula is C18H16BrNO4. The lowest BCUT2D eigenvalue weighted by Gasteiger charge is -2.10. The van der Waals surface area contributed by atoms with Gasteiger partial charge in [0.25, 0.3) is 0 Å². The summed E-state index contributed by atoms with van der Waals surface area (Å²) in [7, 11) is 1.46. The zero-order chi connectivity index (χ0) is 17.4. The molecule has 2 aromatic rings. The Morgan fingerprint density at radius 2 is 2.04 bits per heavy atom. The minimum Gasteiger partial charge on any atom is -0.494 e. The first-order valence-electron chi connectivity index (χ1n) is 7.29. The van der Waals surface area contributed by atoms with Crippen molar-refractivity contribution in [2.24, 2.45) is 0 Å². The maximum atomic E-state index is 11.9. The van der Waals surface area contributed by atoms with E-state index in [1.165, 1.54) is 13.2 Å². The van der Waals surface area contributed by atoms with Gasteiger partial charge >= 0.3 is 5.97 Å². The van der Waals surface area contributed by atoms with E-state index in [2.05, 4.69) is 15.9 Å². The molecule has 0 aliphatic carbocycles. The summed E-state index contributed by atoms with van der Waals surface area (Å²) in [5.74, 6) is 1.02. The van der Waals surface area contributed by atoms with Crippen LogP contribution in [0.1, 0.15) is 18.4 Å². The average Bonchev–Trinajstić information content (AvgIpc) is 2.59. The van der Waals surface area contributed by atoms with Crippen molar-refractivity contribution >= 4 is 21.9 Å². The van der Waals surface area contributed by atoms with Crippen molar-refractivity contribution < 1.29 is 19.0 Å². The number of ether oxygens (including phenoxy) is 3. The lowest BCUT2D eigenvalue weighted by molar-refractivity contribution is -0.134. The van der Waals surface area contributed by atoms with Crippen LogP contribution in [0, 0.1) is 11.3 Å². The molecule has 124 valence electrons. The normalized spacial score (nSPS) is 9.88. The topological polar surface area (TPSA) is 68.5 Å². The number of hydrogen-bond acceptors (Lipinski definition) is 5. The van der Waals surface area contributed by atoms with Crippen LogP contribution < -0.4 is 14.2 Å². The number of carbonyl (C=O) groups is 1. The molecule has 2 aromatic carbocycles. The first-order chi connectivity index (χ1) is 11.6. The van der Waals surface area contributed by atoms with Crippen LogP contribution in [0.5, 0.6) is 17.2 Å². The van der Waals surface area contributed by atoms with E-state index in [4.69, 9.17) is 19.5 Å². The Morgan fingerprint density at radius 1 is 1.21 bits per heavy atom. The summed E-state index contributed by atoms with van der Waals surface area (Å²) in [4.78, 5) is 11.9. The van der Waals surface area contributed by atoms with Crippen LogP contribution >= 0.6 is 15.9 Å². The van der Waals surface area contributed by atoms with Gasteiger partial charge in [0.2, 0.25) is 0 Å². The van der Waals surface area contributed by atoms with Crippen molar-refractivity contribution in [1.82, 2.24) is 0 Å². The maximum absolute atomic E-state index is 11.9. The summed E-state index contributed by atoms with van der Waals surface area (Å²) < 4.78 is 16.9. The second kappa shape index (κ2) is 8.94. The Balaban J connectivity index is 1.80.